The van der Waals surface area contributed by atoms with Gasteiger partial charge in [0.2, 0.25) is 6.79 Å². The minimum absolute atomic E-state index is 0.235. The van der Waals surface area contributed by atoms with E-state index < -0.39 is 5.56 Å². The Kier molecular flexibility index (Phi) is 3.60. The predicted molar refractivity (Wildman–Crippen MR) is 106 cm³/mol. The van der Waals surface area contributed by atoms with Gasteiger partial charge in [-0.25, -0.2) is 0 Å². The normalized spacial score (nSPS) is 12.2. The molecule has 0 saturated heterocycles. The molecule has 2 aromatic heterocycles. The van der Waals surface area contributed by atoms with Gasteiger partial charge in [0.15, 0.2) is 17.1 Å². The van der Waals surface area contributed by atoms with E-state index in [1.807, 2.05) is 47.8 Å². The highest BCUT2D eigenvalue weighted by Crippen LogP contribution is 2.40. The van der Waals surface area contributed by atoms with E-state index >= 15 is 0 Å². The number of aromatic amines is 1. The molecule has 0 saturated carbocycles. The zero-order valence-corrected chi connectivity index (χ0v) is 15.2. The molecule has 5 rings (SSSR count). The first-order valence-electron chi connectivity index (χ1n) is 8.42. The summed E-state index contributed by atoms with van der Waals surface area (Å²) in [6.07, 6.45) is 0. The molecule has 6 nitrogen and oxygen atoms in total. The van der Waals surface area contributed by atoms with E-state index in [1.54, 1.807) is 6.07 Å². The van der Waals surface area contributed by atoms with Gasteiger partial charge in [-0.2, -0.15) is 5.26 Å². The van der Waals surface area contributed by atoms with Gasteiger partial charge in [-0.05, 0) is 28.8 Å². The number of nitrogens with one attached hydrogen (secondary N) is 1. The lowest BCUT2D eigenvalue weighted by Crippen LogP contribution is -2.09. The molecular formula is C21H12N2O4S. The van der Waals surface area contributed by atoms with Crippen LogP contribution in [0.1, 0.15) is 5.56 Å². The summed E-state index contributed by atoms with van der Waals surface area (Å²) in [7, 11) is 0. The Morgan fingerprint density at radius 3 is 2.54 bits per heavy atom. The number of nitrogens with zero attached hydrogens (tertiary/aromatic N) is 1. The van der Waals surface area contributed by atoms with E-state index in [2.05, 4.69) is 4.98 Å². The third-order valence-electron chi connectivity index (χ3n) is 4.73. The number of thiophene rings is 1. The van der Waals surface area contributed by atoms with Crippen LogP contribution in [-0.4, -0.2) is 16.9 Å². The molecule has 7 heteroatoms. The van der Waals surface area contributed by atoms with Crippen LogP contribution in [0.2, 0.25) is 0 Å². The second-order valence-corrected chi connectivity index (χ2v) is 7.17. The Morgan fingerprint density at radius 1 is 1.04 bits per heavy atom. The van der Waals surface area contributed by atoms with Crippen LogP contribution in [0.15, 0.2) is 52.6 Å². The van der Waals surface area contributed by atoms with Crippen LogP contribution in [-0.2, 0) is 0 Å². The van der Waals surface area contributed by atoms with Gasteiger partial charge >= 0.3 is 0 Å². The predicted octanol–water partition coefficient (Wildman–Crippen LogP) is 4.23. The van der Waals surface area contributed by atoms with Gasteiger partial charge in [0.1, 0.15) is 16.6 Å². The molecule has 28 heavy (non-hydrogen) atoms. The molecule has 0 bridgehead atoms. The third-order valence-corrected chi connectivity index (χ3v) is 5.63. The fourth-order valence-electron chi connectivity index (χ4n) is 3.32. The molecule has 136 valence electrons. The zero-order valence-electron chi connectivity index (χ0n) is 14.4. The van der Waals surface area contributed by atoms with Crippen LogP contribution in [0.25, 0.3) is 32.5 Å². The van der Waals surface area contributed by atoms with Crippen molar-refractivity contribution in [2.24, 2.45) is 0 Å². The highest BCUT2D eigenvalue weighted by molar-refractivity contribution is 7.17. The second kappa shape index (κ2) is 6.15. The topological polar surface area (TPSA) is 95.3 Å². The molecule has 0 radical (unpaired) electrons. The van der Waals surface area contributed by atoms with Crippen molar-refractivity contribution in [2.45, 2.75) is 0 Å². The maximum absolute atomic E-state index is 11.9. The van der Waals surface area contributed by atoms with Crippen molar-refractivity contribution in [1.29, 1.82) is 5.26 Å². The van der Waals surface area contributed by atoms with Crippen molar-refractivity contribution in [3.63, 3.8) is 0 Å². The Bertz CT molecular complexity index is 1330. The second-order valence-electron chi connectivity index (χ2n) is 6.29. The van der Waals surface area contributed by atoms with Gasteiger partial charge in [-0.15, -0.1) is 11.3 Å². The molecule has 3 heterocycles. The number of H-pyrrole nitrogens is 1. The maximum atomic E-state index is 11.9. The molecule has 4 aromatic rings. The molecule has 0 spiro atoms. The Labute approximate surface area is 162 Å². The molecular weight excluding hydrogens is 376 g/mol. The first kappa shape index (κ1) is 16.4. The Hall–Kier alpha value is -3.76. The summed E-state index contributed by atoms with van der Waals surface area (Å²) in [5.74, 6) is 1.18. The van der Waals surface area contributed by atoms with Crippen molar-refractivity contribution in [3.8, 4) is 45.6 Å². The third kappa shape index (κ3) is 2.43. The van der Waals surface area contributed by atoms with Crippen molar-refractivity contribution in [3.05, 3.63) is 63.8 Å². The molecule has 2 aromatic carbocycles. The molecule has 0 unspecified atom stereocenters. The highest BCUT2D eigenvalue weighted by atomic mass is 32.1. The van der Waals surface area contributed by atoms with Gasteiger partial charge in [0.25, 0.3) is 5.56 Å². The number of ether oxygens (including phenoxy) is 2. The number of rotatable bonds is 2. The zero-order chi connectivity index (χ0) is 19.3. The molecule has 2 N–H and O–H groups in total. The lowest BCUT2D eigenvalue weighted by molar-refractivity contribution is 0.174. The average molecular weight is 388 g/mol. The van der Waals surface area contributed by atoms with Gasteiger partial charge < -0.3 is 19.6 Å². The standard InChI is InChI=1S/C21H12N2O4S/c22-8-14-19(24)18-15(9-28-21(18)23-20(14)25)12-3-1-11(2-4-12)13-5-6-16-17(7-13)27-10-26-16/h1-7,9H,10H2,(H2,23,24,25). The molecule has 1 aliphatic heterocycles. The minimum atomic E-state index is -0.584. The van der Waals surface area contributed by atoms with Gasteiger partial charge in [0, 0.05) is 10.9 Å². The van der Waals surface area contributed by atoms with Crippen molar-refractivity contribution in [2.75, 3.05) is 6.79 Å². The summed E-state index contributed by atoms with van der Waals surface area (Å²) in [5, 5.41) is 21.9. The number of nitriles is 1. The number of aromatic hydroxyl groups is 1. The van der Waals surface area contributed by atoms with Crippen LogP contribution < -0.4 is 15.0 Å². The highest BCUT2D eigenvalue weighted by Gasteiger charge is 2.18. The van der Waals surface area contributed by atoms with E-state index in [4.69, 9.17) is 14.7 Å². The van der Waals surface area contributed by atoms with Gasteiger partial charge in [-0.1, -0.05) is 30.3 Å². The largest absolute Gasteiger partial charge is 0.506 e. The number of pyridine rings is 1. The van der Waals surface area contributed by atoms with E-state index in [0.717, 1.165) is 33.8 Å². The number of fused-ring (bicyclic) bond motifs is 2. The van der Waals surface area contributed by atoms with Crippen LogP contribution in [0.5, 0.6) is 17.2 Å². The van der Waals surface area contributed by atoms with E-state index in [1.165, 1.54) is 11.3 Å². The average Bonchev–Trinajstić information content (AvgIpc) is 3.34. The minimum Gasteiger partial charge on any atom is -0.506 e. The van der Waals surface area contributed by atoms with Crippen LogP contribution in [0.3, 0.4) is 0 Å². The molecule has 0 atom stereocenters. The number of hydrogen-bond donors (Lipinski definition) is 2. The van der Waals surface area contributed by atoms with E-state index in [9.17, 15) is 9.90 Å². The summed E-state index contributed by atoms with van der Waals surface area (Å²) >= 11 is 1.31. The molecule has 0 amide bonds. The summed E-state index contributed by atoms with van der Waals surface area (Å²) in [6, 6.07) is 15.4. The number of aromatic nitrogens is 1. The first-order chi connectivity index (χ1) is 13.7. The van der Waals surface area contributed by atoms with Crippen molar-refractivity contribution >= 4 is 21.6 Å². The maximum Gasteiger partial charge on any atom is 0.270 e. The Morgan fingerprint density at radius 2 is 1.75 bits per heavy atom. The fourth-order valence-corrected chi connectivity index (χ4v) is 4.28. The van der Waals surface area contributed by atoms with Gasteiger partial charge in [-0.3, -0.25) is 4.79 Å². The smallest absolute Gasteiger partial charge is 0.270 e. The van der Waals surface area contributed by atoms with Crippen LogP contribution >= 0.6 is 11.3 Å². The van der Waals surface area contributed by atoms with Gasteiger partial charge in [0.05, 0.1) is 5.39 Å². The fraction of sp³-hybridized carbons (Fsp3) is 0.0476. The summed E-state index contributed by atoms with van der Waals surface area (Å²) in [6.45, 7) is 0.235. The molecule has 0 aliphatic carbocycles. The van der Waals surface area contributed by atoms with Crippen molar-refractivity contribution in [1.82, 2.24) is 4.98 Å². The van der Waals surface area contributed by atoms with E-state index in [-0.39, 0.29) is 18.1 Å². The summed E-state index contributed by atoms with van der Waals surface area (Å²) in [5.41, 5.74) is 2.80. The van der Waals surface area contributed by atoms with Crippen LogP contribution in [0, 0.1) is 11.3 Å². The SMILES string of the molecule is N#Cc1c(O)c2c(-c3ccc(-c4ccc5c(c4)OCO5)cc3)csc2[nH]c1=O. The monoisotopic (exact) mass is 388 g/mol. The Balaban J connectivity index is 1.58. The quantitative estimate of drug-likeness (QED) is 0.536. The van der Waals surface area contributed by atoms with E-state index in [0.29, 0.717) is 10.2 Å². The molecule has 1 aliphatic rings. The number of hydrogen-bond acceptors (Lipinski definition) is 6. The lowest BCUT2D eigenvalue weighted by atomic mass is 9.99. The summed E-state index contributed by atoms with van der Waals surface area (Å²) < 4.78 is 10.8. The van der Waals surface area contributed by atoms with Crippen LogP contribution in [0.4, 0.5) is 0 Å². The first-order valence-corrected chi connectivity index (χ1v) is 9.30. The molecule has 0 fully saturated rings. The van der Waals surface area contributed by atoms with Crippen molar-refractivity contribution < 1.29 is 14.6 Å². The lowest BCUT2D eigenvalue weighted by Gasteiger charge is -2.06. The number of benzene rings is 2. The summed E-state index contributed by atoms with van der Waals surface area (Å²) in [4.78, 5) is 15.1.